The molecule has 0 bridgehead atoms. The van der Waals surface area contributed by atoms with Crippen LogP contribution in [0, 0.1) is 52.3 Å². The van der Waals surface area contributed by atoms with Crippen molar-refractivity contribution in [2.45, 2.75) is 126 Å². The smallest absolute Gasteiger partial charge is 0.00851 e. The maximum atomic E-state index is 2.75. The van der Waals surface area contributed by atoms with Gasteiger partial charge in [0.05, 0.1) is 0 Å². The molecule has 174 valence electrons. The van der Waals surface area contributed by atoms with Gasteiger partial charge in [0.15, 0.2) is 0 Å². The van der Waals surface area contributed by atoms with Crippen LogP contribution in [-0.4, -0.2) is 0 Å². The van der Waals surface area contributed by atoms with Crippen LogP contribution in [0.25, 0.3) is 0 Å². The monoisotopic (exact) mass is 414 g/mol. The normalized spacial score (nSPS) is 43.6. The highest BCUT2D eigenvalue weighted by molar-refractivity contribution is 5.25. The first-order valence-corrected chi connectivity index (χ1v) is 13.9. The second kappa shape index (κ2) is 9.70. The van der Waals surface area contributed by atoms with Gasteiger partial charge < -0.3 is 0 Å². The predicted molar refractivity (Wildman–Crippen MR) is 134 cm³/mol. The average molecular weight is 415 g/mol. The molecule has 0 heteroatoms. The molecule has 0 spiro atoms. The third-order valence-corrected chi connectivity index (χ3v) is 10.6. The lowest BCUT2D eigenvalue weighted by Gasteiger charge is -2.58. The Bertz CT molecular complexity index is 585. The van der Waals surface area contributed by atoms with E-state index in [0.717, 1.165) is 41.4 Å². The Morgan fingerprint density at radius 2 is 1.67 bits per heavy atom. The molecule has 4 aliphatic carbocycles. The van der Waals surface area contributed by atoms with Crippen LogP contribution >= 0.6 is 0 Å². The predicted octanol–water partition coefficient (Wildman–Crippen LogP) is 9.69. The van der Waals surface area contributed by atoms with Crippen molar-refractivity contribution in [3.8, 4) is 0 Å². The quantitative estimate of drug-likeness (QED) is 0.393. The largest absolute Gasteiger partial charge is 0.0845 e. The van der Waals surface area contributed by atoms with Gasteiger partial charge in [0.2, 0.25) is 0 Å². The summed E-state index contributed by atoms with van der Waals surface area (Å²) in [5.74, 6) is 6.73. The van der Waals surface area contributed by atoms with Gasteiger partial charge in [0, 0.05) is 0 Å². The van der Waals surface area contributed by atoms with Gasteiger partial charge >= 0.3 is 0 Å². The van der Waals surface area contributed by atoms with Crippen LogP contribution in [0.4, 0.5) is 0 Å². The molecular formula is C30H54. The first-order chi connectivity index (χ1) is 14.3. The van der Waals surface area contributed by atoms with Gasteiger partial charge in [-0.1, -0.05) is 86.3 Å². The summed E-state index contributed by atoms with van der Waals surface area (Å²) < 4.78 is 0. The van der Waals surface area contributed by atoms with Crippen molar-refractivity contribution in [2.75, 3.05) is 0 Å². The third kappa shape index (κ3) is 4.32. The van der Waals surface area contributed by atoms with Crippen LogP contribution < -0.4 is 0 Å². The van der Waals surface area contributed by atoms with Crippen LogP contribution in [0.5, 0.6) is 0 Å². The SMILES string of the molecule is CC.CC(C)CCC[C@@H](C)[C@H]1CC[C@H]2C3CC=C4CC(C)CC[C@]4(C)[C@H]3CC[C@]12C. The molecule has 0 aliphatic heterocycles. The van der Waals surface area contributed by atoms with Gasteiger partial charge in [0.1, 0.15) is 0 Å². The molecule has 2 unspecified atom stereocenters. The Morgan fingerprint density at radius 3 is 2.37 bits per heavy atom. The molecule has 8 atom stereocenters. The van der Waals surface area contributed by atoms with E-state index in [1.54, 1.807) is 0 Å². The minimum atomic E-state index is 0.553. The van der Waals surface area contributed by atoms with E-state index < -0.39 is 0 Å². The Labute approximate surface area is 190 Å². The second-order valence-corrected chi connectivity index (χ2v) is 12.6. The van der Waals surface area contributed by atoms with E-state index in [1.165, 1.54) is 70.6 Å². The zero-order valence-electron chi connectivity index (χ0n) is 21.9. The summed E-state index contributed by atoms with van der Waals surface area (Å²) >= 11 is 0. The topological polar surface area (TPSA) is 0 Å². The number of hydrogen-bond donors (Lipinski definition) is 0. The summed E-state index contributed by atoms with van der Waals surface area (Å²) in [7, 11) is 0. The molecule has 0 aromatic heterocycles. The summed E-state index contributed by atoms with van der Waals surface area (Å²) in [5.41, 5.74) is 3.06. The highest BCUT2D eigenvalue weighted by atomic mass is 14.6. The van der Waals surface area contributed by atoms with Crippen molar-refractivity contribution >= 4 is 0 Å². The summed E-state index contributed by atoms with van der Waals surface area (Å²) in [4.78, 5) is 0. The minimum absolute atomic E-state index is 0.553. The van der Waals surface area contributed by atoms with Crippen LogP contribution in [0.3, 0.4) is 0 Å². The maximum Gasteiger partial charge on any atom is -0.00851 e. The molecule has 4 rings (SSSR count). The van der Waals surface area contributed by atoms with Gasteiger partial charge in [-0.25, -0.2) is 0 Å². The lowest BCUT2D eigenvalue weighted by molar-refractivity contribution is -0.0523. The van der Waals surface area contributed by atoms with Crippen LogP contribution in [0.1, 0.15) is 126 Å². The zero-order chi connectivity index (χ0) is 22.1. The van der Waals surface area contributed by atoms with Gasteiger partial charge in [-0.15, -0.1) is 0 Å². The molecule has 0 radical (unpaired) electrons. The van der Waals surface area contributed by atoms with E-state index in [9.17, 15) is 0 Å². The highest BCUT2D eigenvalue weighted by Gasteiger charge is 2.58. The molecule has 4 aliphatic rings. The lowest BCUT2D eigenvalue weighted by atomic mass is 9.46. The Morgan fingerprint density at radius 1 is 0.933 bits per heavy atom. The van der Waals surface area contributed by atoms with Crippen LogP contribution in [0.2, 0.25) is 0 Å². The third-order valence-electron chi connectivity index (χ3n) is 10.6. The lowest BCUT2D eigenvalue weighted by Crippen LogP contribution is -2.50. The summed E-state index contributed by atoms with van der Waals surface area (Å²) in [6.45, 7) is 19.3. The van der Waals surface area contributed by atoms with E-state index in [2.05, 4.69) is 47.6 Å². The summed E-state index contributed by atoms with van der Waals surface area (Å²) in [5, 5.41) is 0. The molecule has 0 saturated heterocycles. The fourth-order valence-electron chi connectivity index (χ4n) is 8.87. The Kier molecular flexibility index (Phi) is 7.89. The van der Waals surface area contributed by atoms with Gasteiger partial charge in [0.25, 0.3) is 0 Å². The first-order valence-electron chi connectivity index (χ1n) is 13.9. The second-order valence-electron chi connectivity index (χ2n) is 12.6. The zero-order valence-corrected chi connectivity index (χ0v) is 21.9. The van der Waals surface area contributed by atoms with Gasteiger partial charge in [-0.3, -0.25) is 0 Å². The number of allylic oxidation sites excluding steroid dienone is 2. The van der Waals surface area contributed by atoms with E-state index in [0.29, 0.717) is 10.8 Å². The van der Waals surface area contributed by atoms with Crippen molar-refractivity contribution in [2.24, 2.45) is 52.3 Å². The first kappa shape index (κ1) is 24.4. The molecule has 0 aromatic rings. The van der Waals surface area contributed by atoms with E-state index in [1.807, 2.05) is 19.4 Å². The fourth-order valence-corrected chi connectivity index (χ4v) is 8.87. The van der Waals surface area contributed by atoms with Crippen LogP contribution in [0.15, 0.2) is 11.6 Å². The average Bonchev–Trinajstić information content (AvgIpc) is 3.07. The molecule has 3 saturated carbocycles. The summed E-state index contributed by atoms with van der Waals surface area (Å²) in [6.07, 6.45) is 19.0. The molecule has 3 fully saturated rings. The molecule has 0 nitrogen and oxygen atoms in total. The number of fused-ring (bicyclic) bond motifs is 5. The molecule has 0 N–H and O–H groups in total. The molecule has 30 heavy (non-hydrogen) atoms. The molecule has 0 heterocycles. The van der Waals surface area contributed by atoms with E-state index in [-0.39, 0.29) is 0 Å². The van der Waals surface area contributed by atoms with Crippen molar-refractivity contribution in [1.29, 1.82) is 0 Å². The molecule has 0 amide bonds. The van der Waals surface area contributed by atoms with Crippen molar-refractivity contribution < 1.29 is 0 Å². The van der Waals surface area contributed by atoms with Crippen molar-refractivity contribution in [1.82, 2.24) is 0 Å². The number of hydrogen-bond acceptors (Lipinski definition) is 0. The molecular weight excluding hydrogens is 360 g/mol. The van der Waals surface area contributed by atoms with Gasteiger partial charge in [-0.05, 0) is 104 Å². The van der Waals surface area contributed by atoms with Crippen LogP contribution in [-0.2, 0) is 0 Å². The van der Waals surface area contributed by atoms with Crippen molar-refractivity contribution in [3.05, 3.63) is 11.6 Å². The minimum Gasteiger partial charge on any atom is -0.0845 e. The molecule has 0 aromatic carbocycles. The summed E-state index contributed by atoms with van der Waals surface area (Å²) in [6, 6.07) is 0. The van der Waals surface area contributed by atoms with Crippen molar-refractivity contribution in [3.63, 3.8) is 0 Å². The number of rotatable bonds is 5. The fraction of sp³-hybridized carbons (Fsp3) is 0.933. The van der Waals surface area contributed by atoms with E-state index in [4.69, 9.17) is 0 Å². The maximum absolute atomic E-state index is 2.75. The van der Waals surface area contributed by atoms with Gasteiger partial charge in [-0.2, -0.15) is 0 Å². The highest BCUT2D eigenvalue weighted by Crippen LogP contribution is 2.67. The Hall–Kier alpha value is -0.260. The van der Waals surface area contributed by atoms with E-state index >= 15 is 0 Å². The standard InChI is InChI=1S/C28H48.C2H6/c1-19(2)8-7-9-21(4)24-12-13-25-23-11-10-22-18-20(3)14-16-27(22,5)26(23)15-17-28(24,25)6;1-2/h10,19-21,23-26H,7-9,11-18H2,1-6H3;1-2H3/t20?,21-,23?,24-,25+,26+,27+,28-;/m1./s1. The Balaban J connectivity index is 0.00000124.